The van der Waals surface area contributed by atoms with Crippen molar-refractivity contribution in [2.75, 3.05) is 0 Å². The summed E-state index contributed by atoms with van der Waals surface area (Å²) in [4.78, 5) is 0. The zero-order chi connectivity index (χ0) is 11.2. The maximum absolute atomic E-state index is 5.62. The van der Waals surface area contributed by atoms with Crippen LogP contribution in [0.15, 0.2) is 48.5 Å². The highest BCUT2D eigenvalue weighted by Gasteiger charge is 1.97. The molecule has 2 N–H and O–H groups in total. The van der Waals surface area contributed by atoms with Gasteiger partial charge in [-0.15, -0.1) is 0 Å². The number of benzene rings is 2. The summed E-state index contributed by atoms with van der Waals surface area (Å²) in [5.74, 6) is 0.742. The fraction of sp³-hybridized carbons (Fsp3) is 0.143. The summed E-state index contributed by atoms with van der Waals surface area (Å²) in [5.41, 5.74) is 7.76. The molecule has 0 unspecified atom stereocenters. The number of nitrogens with two attached hydrogens (primary N) is 1. The highest BCUT2D eigenvalue weighted by Crippen LogP contribution is 2.13. The van der Waals surface area contributed by atoms with Crippen molar-refractivity contribution in [2.45, 2.75) is 13.2 Å². The van der Waals surface area contributed by atoms with Gasteiger partial charge in [0, 0.05) is 12.6 Å². The Morgan fingerprint density at radius 1 is 1.06 bits per heavy atom. The Hall–Kier alpha value is -1.80. The van der Waals surface area contributed by atoms with Crippen molar-refractivity contribution in [3.63, 3.8) is 0 Å². The fourth-order valence-electron chi connectivity index (χ4n) is 1.43. The van der Waals surface area contributed by atoms with Gasteiger partial charge in [-0.3, -0.25) is 0 Å². The minimum Gasteiger partial charge on any atom is -0.488 e. The van der Waals surface area contributed by atoms with Crippen molar-refractivity contribution in [3.05, 3.63) is 65.7 Å². The minimum atomic E-state index is 0.524. The second-order valence-electron chi connectivity index (χ2n) is 3.54. The monoisotopic (exact) mass is 212 g/mol. The first-order valence-corrected chi connectivity index (χ1v) is 5.26. The van der Waals surface area contributed by atoms with Gasteiger partial charge in [0.15, 0.2) is 0 Å². The van der Waals surface area contributed by atoms with Gasteiger partial charge in [-0.05, 0) is 17.2 Å². The molecule has 0 spiro atoms. The molecule has 0 atom stereocenters. The Balaban J connectivity index is 1.99. The normalized spacial score (nSPS) is 10.1. The van der Waals surface area contributed by atoms with Crippen LogP contribution >= 0.6 is 0 Å². The van der Waals surface area contributed by atoms with Gasteiger partial charge in [-0.2, -0.15) is 0 Å². The summed E-state index contributed by atoms with van der Waals surface area (Å²) in [7, 11) is 0. The van der Waals surface area contributed by atoms with Crippen molar-refractivity contribution < 1.29 is 4.74 Å². The maximum Gasteiger partial charge on any atom is 0.128 e. The zero-order valence-corrected chi connectivity index (χ0v) is 9.02. The molecule has 2 aromatic rings. The number of rotatable bonds is 4. The van der Waals surface area contributed by atoms with Crippen LogP contribution < -0.4 is 10.5 Å². The molecule has 16 heavy (non-hydrogen) atoms. The lowest BCUT2D eigenvalue weighted by Crippen LogP contribution is -1.98. The highest BCUT2D eigenvalue weighted by molar-refractivity contribution is 5.27. The van der Waals surface area contributed by atoms with Crippen LogP contribution in [0.1, 0.15) is 11.1 Å². The lowest BCUT2D eigenvalue weighted by molar-refractivity contribution is 0.305. The van der Waals surface area contributed by atoms with Gasteiger partial charge in [0.1, 0.15) is 12.4 Å². The second kappa shape index (κ2) is 5.33. The third-order valence-electron chi connectivity index (χ3n) is 2.31. The summed E-state index contributed by atoms with van der Waals surface area (Å²) >= 11 is 0. The van der Waals surface area contributed by atoms with E-state index < -0.39 is 0 Å². The van der Waals surface area contributed by atoms with Crippen molar-refractivity contribution >= 4 is 0 Å². The molecular weight excluding hydrogens is 198 g/mol. The van der Waals surface area contributed by atoms with Crippen LogP contribution in [-0.2, 0) is 13.2 Å². The Morgan fingerprint density at radius 2 is 1.88 bits per heavy atom. The molecule has 0 bridgehead atoms. The average molecular weight is 212 g/mol. The van der Waals surface area contributed by atoms with Gasteiger partial charge in [-0.1, -0.05) is 42.5 Å². The third kappa shape index (κ3) is 2.84. The number of ether oxygens (including phenoxy) is 1. The first-order chi connectivity index (χ1) is 7.88. The molecule has 2 heteroatoms. The zero-order valence-electron chi connectivity index (χ0n) is 9.02. The molecule has 0 aromatic heterocycles. The van der Waals surface area contributed by atoms with Gasteiger partial charge in [-0.25, -0.2) is 0 Å². The van der Waals surface area contributed by atoms with E-state index in [2.05, 4.69) is 6.07 Å². The quantitative estimate of drug-likeness (QED) is 0.845. The molecule has 0 aliphatic heterocycles. The van der Waals surface area contributed by atoms with E-state index in [1.54, 1.807) is 0 Å². The van der Waals surface area contributed by atoms with Gasteiger partial charge in [0.05, 0.1) is 0 Å². The van der Waals surface area contributed by atoms with E-state index in [0.717, 1.165) is 16.9 Å². The van der Waals surface area contributed by atoms with Crippen LogP contribution in [0.3, 0.4) is 0 Å². The smallest absolute Gasteiger partial charge is 0.128 e. The van der Waals surface area contributed by atoms with Gasteiger partial charge >= 0.3 is 0 Å². The van der Waals surface area contributed by atoms with Crippen molar-refractivity contribution in [1.29, 1.82) is 0 Å². The lowest BCUT2D eigenvalue weighted by atomic mass is 10.2. The largest absolute Gasteiger partial charge is 0.488 e. The first-order valence-electron chi connectivity index (χ1n) is 5.26. The van der Waals surface area contributed by atoms with Crippen LogP contribution in [0.2, 0.25) is 0 Å². The van der Waals surface area contributed by atoms with E-state index in [9.17, 15) is 0 Å². The lowest BCUT2D eigenvalue weighted by Gasteiger charge is -2.06. The fourth-order valence-corrected chi connectivity index (χ4v) is 1.43. The molecule has 0 fully saturated rings. The first kappa shape index (κ1) is 10.7. The van der Waals surface area contributed by atoms with Crippen LogP contribution in [0.25, 0.3) is 0 Å². The molecule has 0 amide bonds. The number of hydrogen-bond acceptors (Lipinski definition) is 2. The molecule has 1 radical (unpaired) electrons. The van der Waals surface area contributed by atoms with Crippen molar-refractivity contribution in [2.24, 2.45) is 5.73 Å². The highest BCUT2D eigenvalue weighted by atomic mass is 16.5. The predicted molar refractivity (Wildman–Crippen MR) is 63.9 cm³/mol. The average Bonchev–Trinajstić information content (AvgIpc) is 2.38. The van der Waals surface area contributed by atoms with E-state index in [-0.39, 0.29) is 0 Å². The SMILES string of the molecule is NCc1cc[c]c(OCc2ccccc2)c1. The molecule has 2 nitrogen and oxygen atoms in total. The van der Waals surface area contributed by atoms with E-state index in [1.165, 1.54) is 0 Å². The predicted octanol–water partition coefficient (Wildman–Crippen LogP) is 2.52. The second-order valence-corrected chi connectivity index (χ2v) is 3.54. The van der Waals surface area contributed by atoms with Crippen molar-refractivity contribution in [3.8, 4) is 5.75 Å². The molecule has 2 aromatic carbocycles. The minimum absolute atomic E-state index is 0.524. The molecular formula is C14H14NO. The molecule has 0 saturated carbocycles. The molecule has 0 heterocycles. The Bertz CT molecular complexity index is 439. The van der Waals surface area contributed by atoms with E-state index >= 15 is 0 Å². The third-order valence-corrected chi connectivity index (χ3v) is 2.31. The molecule has 0 aliphatic carbocycles. The molecule has 81 valence electrons. The van der Waals surface area contributed by atoms with E-state index in [1.807, 2.05) is 48.5 Å². The molecule has 0 saturated heterocycles. The summed E-state index contributed by atoms with van der Waals surface area (Å²) < 4.78 is 5.62. The van der Waals surface area contributed by atoms with Crippen LogP contribution in [-0.4, -0.2) is 0 Å². The maximum atomic E-state index is 5.62. The van der Waals surface area contributed by atoms with E-state index in [4.69, 9.17) is 10.5 Å². The summed E-state index contributed by atoms with van der Waals surface area (Å²) in [6.45, 7) is 1.09. The van der Waals surface area contributed by atoms with Crippen LogP contribution in [0.5, 0.6) is 5.75 Å². The van der Waals surface area contributed by atoms with E-state index in [0.29, 0.717) is 13.2 Å². The van der Waals surface area contributed by atoms with Crippen molar-refractivity contribution in [1.82, 2.24) is 0 Å². The van der Waals surface area contributed by atoms with Gasteiger partial charge in [0.2, 0.25) is 0 Å². The topological polar surface area (TPSA) is 35.2 Å². The van der Waals surface area contributed by atoms with Crippen LogP contribution in [0.4, 0.5) is 0 Å². The van der Waals surface area contributed by atoms with Gasteiger partial charge < -0.3 is 10.5 Å². The Morgan fingerprint density at radius 3 is 2.62 bits per heavy atom. The molecule has 2 rings (SSSR count). The standard InChI is InChI=1S/C14H14NO/c15-10-13-7-4-8-14(9-13)16-11-12-5-2-1-3-6-12/h1-7,9H,10-11,15H2. The number of hydrogen-bond donors (Lipinski definition) is 1. The summed E-state index contributed by atoms with van der Waals surface area (Å²) in [5, 5.41) is 0. The Kier molecular flexibility index (Phi) is 3.57. The van der Waals surface area contributed by atoms with Crippen LogP contribution in [0, 0.1) is 6.07 Å². The summed E-state index contributed by atoms with van der Waals surface area (Å²) in [6.07, 6.45) is 0. The molecule has 0 aliphatic rings. The van der Waals surface area contributed by atoms with Gasteiger partial charge in [0.25, 0.3) is 0 Å². The summed E-state index contributed by atoms with van der Waals surface area (Å²) in [6, 6.07) is 18.8. The Labute approximate surface area is 95.7 Å².